The van der Waals surface area contributed by atoms with Crippen molar-refractivity contribution in [3.63, 3.8) is 0 Å². The lowest BCUT2D eigenvalue weighted by molar-refractivity contribution is 0.0930. The summed E-state index contributed by atoms with van der Waals surface area (Å²) in [7, 11) is 0. The van der Waals surface area contributed by atoms with Crippen molar-refractivity contribution in [1.82, 2.24) is 16.2 Å². The van der Waals surface area contributed by atoms with Crippen LogP contribution in [-0.4, -0.2) is 30.1 Å². The van der Waals surface area contributed by atoms with E-state index in [0.717, 1.165) is 17.3 Å². The fourth-order valence-corrected chi connectivity index (χ4v) is 2.90. The number of thiocarbonyl (C=S) groups is 1. The summed E-state index contributed by atoms with van der Waals surface area (Å²) >= 11 is 8.47. The number of carbonyl (C=O) groups excluding carboxylic acids is 2. The Morgan fingerprint density at radius 2 is 1.53 bits per heavy atom. The van der Waals surface area contributed by atoms with Gasteiger partial charge in [0.25, 0.3) is 11.8 Å². The maximum atomic E-state index is 12.6. The summed E-state index contributed by atoms with van der Waals surface area (Å²) in [6.45, 7) is 4.95. The molecule has 30 heavy (non-hydrogen) atoms. The van der Waals surface area contributed by atoms with Gasteiger partial charge in [0.05, 0.1) is 24.3 Å². The first kappa shape index (κ1) is 23.6. The number of para-hydroxylation sites is 1. The quantitative estimate of drug-likeness (QED) is 0.380. The van der Waals surface area contributed by atoms with Gasteiger partial charge in [-0.1, -0.05) is 41.9 Å². The van der Waals surface area contributed by atoms with Gasteiger partial charge in [0.1, 0.15) is 11.5 Å². The molecule has 0 bridgehead atoms. The van der Waals surface area contributed by atoms with Gasteiger partial charge in [0.2, 0.25) is 0 Å². The number of hydrogen-bond donors (Lipinski definition) is 3. The van der Waals surface area contributed by atoms with Crippen molar-refractivity contribution in [3.05, 3.63) is 58.1 Å². The van der Waals surface area contributed by atoms with Gasteiger partial charge in [0, 0.05) is 4.47 Å². The second-order valence-corrected chi connectivity index (χ2v) is 7.52. The van der Waals surface area contributed by atoms with E-state index in [1.54, 1.807) is 42.5 Å². The molecule has 0 fully saturated rings. The average Bonchev–Trinajstić information content (AvgIpc) is 2.75. The Kier molecular flexibility index (Phi) is 9.56. The molecule has 0 saturated heterocycles. The number of hydrazine groups is 1. The molecule has 7 nitrogen and oxygen atoms in total. The molecule has 0 aromatic heterocycles. The highest BCUT2D eigenvalue weighted by atomic mass is 79.9. The van der Waals surface area contributed by atoms with Crippen LogP contribution in [0.1, 0.15) is 47.4 Å². The smallest absolute Gasteiger partial charge is 0.273 e. The minimum Gasteiger partial charge on any atom is -0.493 e. The SMILES string of the molecule is CCCOc1ccccc1C(=O)NNC(=S)NC(=O)c1cc(Br)ccc1OCCC. The monoisotopic (exact) mass is 493 g/mol. The summed E-state index contributed by atoms with van der Waals surface area (Å²) in [6.07, 6.45) is 1.64. The van der Waals surface area contributed by atoms with Gasteiger partial charge in [-0.2, -0.15) is 0 Å². The molecule has 9 heteroatoms. The van der Waals surface area contributed by atoms with Gasteiger partial charge in [0.15, 0.2) is 5.11 Å². The van der Waals surface area contributed by atoms with Crippen LogP contribution in [0.2, 0.25) is 0 Å². The van der Waals surface area contributed by atoms with Crippen LogP contribution in [0.5, 0.6) is 11.5 Å². The minimum atomic E-state index is -0.458. The maximum absolute atomic E-state index is 12.6. The summed E-state index contributed by atoms with van der Waals surface area (Å²) in [5.41, 5.74) is 5.68. The van der Waals surface area contributed by atoms with Gasteiger partial charge in [-0.05, 0) is 55.4 Å². The van der Waals surface area contributed by atoms with E-state index in [2.05, 4.69) is 32.1 Å². The number of carbonyl (C=O) groups is 2. The molecule has 0 spiro atoms. The number of ether oxygens (including phenoxy) is 2. The van der Waals surface area contributed by atoms with E-state index in [1.807, 2.05) is 13.8 Å². The summed E-state index contributed by atoms with van der Waals surface area (Å²) in [6, 6.07) is 12.0. The average molecular weight is 494 g/mol. The first-order valence-corrected chi connectivity index (χ1v) is 10.7. The van der Waals surface area contributed by atoms with Gasteiger partial charge >= 0.3 is 0 Å². The number of hydrogen-bond acceptors (Lipinski definition) is 5. The third kappa shape index (κ3) is 7.00. The van der Waals surface area contributed by atoms with E-state index in [9.17, 15) is 9.59 Å². The fourth-order valence-electron chi connectivity index (χ4n) is 2.39. The molecular formula is C21H24BrN3O4S. The molecular weight excluding hydrogens is 470 g/mol. The normalized spacial score (nSPS) is 10.1. The van der Waals surface area contributed by atoms with Crippen molar-refractivity contribution in [2.24, 2.45) is 0 Å². The molecule has 0 aliphatic heterocycles. The van der Waals surface area contributed by atoms with Crippen LogP contribution >= 0.6 is 28.1 Å². The molecule has 3 N–H and O–H groups in total. The Labute approximate surface area is 189 Å². The van der Waals surface area contributed by atoms with Crippen LogP contribution in [0.15, 0.2) is 46.9 Å². The van der Waals surface area contributed by atoms with Crippen LogP contribution in [0, 0.1) is 0 Å². The fraction of sp³-hybridized carbons (Fsp3) is 0.286. The predicted octanol–water partition coefficient (Wildman–Crippen LogP) is 3.98. The molecule has 0 saturated carbocycles. The number of nitrogens with one attached hydrogen (secondary N) is 3. The lowest BCUT2D eigenvalue weighted by atomic mass is 10.2. The molecule has 2 amide bonds. The van der Waals surface area contributed by atoms with Crippen LogP contribution < -0.4 is 25.6 Å². The zero-order valence-electron chi connectivity index (χ0n) is 16.8. The Hall–Kier alpha value is -2.65. The molecule has 2 aromatic carbocycles. The molecule has 0 aliphatic rings. The lowest BCUT2D eigenvalue weighted by Crippen LogP contribution is -2.48. The van der Waals surface area contributed by atoms with Crippen molar-refractivity contribution >= 4 is 45.1 Å². The molecule has 0 atom stereocenters. The van der Waals surface area contributed by atoms with Crippen LogP contribution in [0.4, 0.5) is 0 Å². The summed E-state index contributed by atoms with van der Waals surface area (Å²) < 4.78 is 11.9. The van der Waals surface area contributed by atoms with Crippen molar-refractivity contribution in [2.45, 2.75) is 26.7 Å². The topological polar surface area (TPSA) is 88.7 Å². The highest BCUT2D eigenvalue weighted by molar-refractivity contribution is 9.10. The van der Waals surface area contributed by atoms with E-state index in [4.69, 9.17) is 21.7 Å². The number of amides is 2. The van der Waals surface area contributed by atoms with Crippen LogP contribution in [0.25, 0.3) is 0 Å². The van der Waals surface area contributed by atoms with Gasteiger partial charge in [-0.25, -0.2) is 0 Å². The Morgan fingerprint density at radius 3 is 2.20 bits per heavy atom. The molecule has 160 valence electrons. The zero-order valence-corrected chi connectivity index (χ0v) is 19.2. The third-order valence-corrected chi connectivity index (χ3v) is 4.46. The van der Waals surface area contributed by atoms with E-state index < -0.39 is 11.8 Å². The summed E-state index contributed by atoms with van der Waals surface area (Å²) in [4.78, 5) is 25.1. The highest BCUT2D eigenvalue weighted by Gasteiger charge is 2.16. The van der Waals surface area contributed by atoms with Gasteiger partial charge < -0.3 is 9.47 Å². The van der Waals surface area contributed by atoms with Crippen molar-refractivity contribution in [2.75, 3.05) is 13.2 Å². The van der Waals surface area contributed by atoms with Crippen molar-refractivity contribution in [1.29, 1.82) is 0 Å². The molecule has 0 radical (unpaired) electrons. The molecule has 2 aromatic rings. The standard InChI is InChI=1S/C21H24BrN3O4S/c1-3-11-28-17-8-6-5-7-15(17)20(27)24-25-21(30)23-19(26)16-13-14(22)9-10-18(16)29-12-4-2/h5-10,13H,3-4,11-12H2,1-2H3,(H,24,27)(H2,23,25,26,30). The Morgan fingerprint density at radius 1 is 0.900 bits per heavy atom. The van der Waals surface area contributed by atoms with E-state index in [-0.39, 0.29) is 5.11 Å². The summed E-state index contributed by atoms with van der Waals surface area (Å²) in [5, 5.41) is 2.48. The van der Waals surface area contributed by atoms with Crippen LogP contribution in [0.3, 0.4) is 0 Å². The summed E-state index contributed by atoms with van der Waals surface area (Å²) in [5.74, 6) is 0.0281. The molecule has 0 aliphatic carbocycles. The van der Waals surface area contributed by atoms with E-state index >= 15 is 0 Å². The Bertz CT molecular complexity index is 908. The van der Waals surface area contributed by atoms with E-state index in [0.29, 0.717) is 35.8 Å². The molecule has 0 unspecified atom stereocenters. The van der Waals surface area contributed by atoms with E-state index in [1.165, 1.54) is 0 Å². The maximum Gasteiger partial charge on any atom is 0.273 e. The number of halogens is 1. The first-order chi connectivity index (χ1) is 14.5. The third-order valence-electron chi connectivity index (χ3n) is 3.76. The second-order valence-electron chi connectivity index (χ2n) is 6.20. The lowest BCUT2D eigenvalue weighted by Gasteiger charge is -2.14. The van der Waals surface area contributed by atoms with Gasteiger partial charge in [-0.15, -0.1) is 0 Å². The number of rotatable bonds is 8. The Balaban J connectivity index is 1.98. The minimum absolute atomic E-state index is 0.0540. The van der Waals surface area contributed by atoms with Crippen molar-refractivity contribution in [3.8, 4) is 11.5 Å². The largest absolute Gasteiger partial charge is 0.493 e. The van der Waals surface area contributed by atoms with Gasteiger partial charge in [-0.3, -0.25) is 25.8 Å². The zero-order chi connectivity index (χ0) is 21.9. The van der Waals surface area contributed by atoms with Crippen molar-refractivity contribution < 1.29 is 19.1 Å². The molecule has 2 rings (SSSR count). The number of benzene rings is 2. The predicted molar refractivity (Wildman–Crippen MR) is 123 cm³/mol. The second kappa shape index (κ2) is 12.1. The van der Waals surface area contributed by atoms with Crippen LogP contribution in [-0.2, 0) is 0 Å². The highest BCUT2D eigenvalue weighted by Crippen LogP contribution is 2.23. The first-order valence-electron chi connectivity index (χ1n) is 9.52. The molecule has 0 heterocycles.